The van der Waals surface area contributed by atoms with Gasteiger partial charge in [0.15, 0.2) is 11.5 Å². The van der Waals surface area contributed by atoms with Gasteiger partial charge in [0.1, 0.15) is 6.04 Å². The molecule has 0 spiro atoms. The van der Waals surface area contributed by atoms with E-state index in [0.717, 1.165) is 43.1 Å². The Morgan fingerprint density at radius 3 is 2.23 bits per heavy atom. The molecule has 9 nitrogen and oxygen atoms in total. The van der Waals surface area contributed by atoms with Crippen LogP contribution in [0.5, 0.6) is 11.5 Å². The van der Waals surface area contributed by atoms with Crippen LogP contribution in [0.1, 0.15) is 49.7 Å². The summed E-state index contributed by atoms with van der Waals surface area (Å²) in [6, 6.07) is 23.7. The highest BCUT2D eigenvalue weighted by Crippen LogP contribution is 2.36. The first-order chi connectivity index (χ1) is 20.8. The van der Waals surface area contributed by atoms with Gasteiger partial charge in [-0.3, -0.25) is 13.9 Å². The first-order valence-corrected chi connectivity index (χ1v) is 16.7. The number of hydrogen-bond acceptors (Lipinski definition) is 6. The van der Waals surface area contributed by atoms with E-state index in [1.807, 2.05) is 60.7 Å². The molecule has 3 aromatic rings. The van der Waals surface area contributed by atoms with Gasteiger partial charge in [0.2, 0.25) is 28.6 Å². The number of benzene rings is 3. The third kappa shape index (κ3) is 8.07. The lowest BCUT2D eigenvalue weighted by Gasteiger charge is -2.33. The molecular weight excluding hydrogens is 566 g/mol. The maximum atomic E-state index is 14.0. The highest BCUT2D eigenvalue weighted by Gasteiger charge is 2.32. The van der Waals surface area contributed by atoms with Crippen molar-refractivity contribution in [2.45, 2.75) is 63.6 Å². The molecule has 1 saturated carbocycles. The van der Waals surface area contributed by atoms with Crippen LogP contribution in [0.3, 0.4) is 0 Å². The minimum atomic E-state index is -3.64. The monoisotopic (exact) mass is 605 g/mol. The molecule has 228 valence electrons. The molecule has 1 aliphatic heterocycles. The number of carbonyl (C=O) groups excluding carboxylic acids is 2. The van der Waals surface area contributed by atoms with E-state index >= 15 is 0 Å². The maximum absolute atomic E-state index is 14.0. The number of sulfonamides is 1. The molecule has 1 aliphatic carbocycles. The number of amides is 2. The standard InChI is InChI=1S/C33H39N3O6S/c1-43(39,40)36(28-18-19-30-31(22-28)42-24-41-30)20-10-17-32(37)35(23-26-13-6-3-7-14-26)29(21-25-11-4-2-5-12-25)33(38)34-27-15-8-9-16-27/h2-7,11-14,18-19,22,27,29H,8-10,15-17,20-21,23-24H2,1H3,(H,34,38). The molecule has 2 aliphatic rings. The topological polar surface area (TPSA) is 105 Å². The van der Waals surface area contributed by atoms with Gasteiger partial charge in [-0.15, -0.1) is 0 Å². The molecule has 5 rings (SSSR count). The van der Waals surface area contributed by atoms with E-state index in [9.17, 15) is 18.0 Å². The number of rotatable bonds is 13. The zero-order valence-corrected chi connectivity index (χ0v) is 25.3. The fourth-order valence-electron chi connectivity index (χ4n) is 5.75. The second-order valence-corrected chi connectivity index (χ2v) is 13.1. The van der Waals surface area contributed by atoms with Crippen LogP contribution in [0.25, 0.3) is 0 Å². The lowest BCUT2D eigenvalue weighted by atomic mass is 10.0. The van der Waals surface area contributed by atoms with Crippen molar-refractivity contribution in [3.8, 4) is 11.5 Å². The third-order valence-corrected chi connectivity index (χ3v) is 9.16. The zero-order chi connectivity index (χ0) is 30.2. The molecule has 10 heteroatoms. The fraction of sp³-hybridized carbons (Fsp3) is 0.394. The van der Waals surface area contributed by atoms with Gasteiger partial charge in [-0.05, 0) is 42.5 Å². The summed E-state index contributed by atoms with van der Waals surface area (Å²) in [5, 5.41) is 3.21. The van der Waals surface area contributed by atoms with Gasteiger partial charge >= 0.3 is 0 Å². The van der Waals surface area contributed by atoms with Gasteiger partial charge in [0.25, 0.3) is 0 Å². The lowest BCUT2D eigenvalue weighted by molar-refractivity contribution is -0.141. The predicted molar refractivity (Wildman–Crippen MR) is 165 cm³/mol. The van der Waals surface area contributed by atoms with E-state index in [1.165, 1.54) is 4.31 Å². The van der Waals surface area contributed by atoms with Gasteiger partial charge in [-0.2, -0.15) is 0 Å². The number of carbonyl (C=O) groups is 2. The molecule has 2 amide bonds. The SMILES string of the molecule is CS(=O)(=O)N(CCCC(=O)N(Cc1ccccc1)C(Cc1ccccc1)C(=O)NC1CCCC1)c1ccc2c(c1)OCO2. The Balaban J connectivity index is 1.36. The Bertz CT molecular complexity index is 1490. The van der Waals surface area contributed by atoms with Crippen LogP contribution >= 0.6 is 0 Å². The van der Waals surface area contributed by atoms with Crippen molar-refractivity contribution in [3.05, 3.63) is 90.0 Å². The van der Waals surface area contributed by atoms with Crippen molar-refractivity contribution in [2.75, 3.05) is 23.9 Å². The Morgan fingerprint density at radius 2 is 1.56 bits per heavy atom. The molecule has 1 atom stereocenters. The summed E-state index contributed by atoms with van der Waals surface area (Å²) in [4.78, 5) is 29.5. The predicted octanol–water partition coefficient (Wildman–Crippen LogP) is 4.66. The number of nitrogens with one attached hydrogen (secondary N) is 1. The van der Waals surface area contributed by atoms with E-state index in [-0.39, 0.29) is 50.6 Å². The van der Waals surface area contributed by atoms with Crippen LogP contribution in [0.15, 0.2) is 78.9 Å². The average Bonchev–Trinajstić information content (AvgIpc) is 3.69. The maximum Gasteiger partial charge on any atom is 0.243 e. The molecule has 0 saturated heterocycles. The summed E-state index contributed by atoms with van der Waals surface area (Å²) in [5.41, 5.74) is 2.32. The molecule has 43 heavy (non-hydrogen) atoms. The Kier molecular flexibility index (Phi) is 9.86. The van der Waals surface area contributed by atoms with Gasteiger partial charge in [0, 0.05) is 38.0 Å². The smallest absolute Gasteiger partial charge is 0.243 e. The molecular formula is C33H39N3O6S. The molecule has 1 unspecified atom stereocenters. The Hall–Kier alpha value is -4.05. The second kappa shape index (κ2) is 13.9. The van der Waals surface area contributed by atoms with Gasteiger partial charge in [-0.1, -0.05) is 73.5 Å². The molecule has 1 fully saturated rings. The summed E-state index contributed by atoms with van der Waals surface area (Å²) in [6.07, 6.45) is 5.92. The van der Waals surface area contributed by atoms with Crippen molar-refractivity contribution in [1.82, 2.24) is 10.2 Å². The summed E-state index contributed by atoms with van der Waals surface area (Å²) in [6.45, 7) is 0.454. The van der Waals surface area contributed by atoms with E-state index in [2.05, 4.69) is 5.32 Å². The zero-order valence-electron chi connectivity index (χ0n) is 24.5. The second-order valence-electron chi connectivity index (χ2n) is 11.2. The third-order valence-electron chi connectivity index (χ3n) is 7.96. The normalized spacial score (nSPS) is 15.2. The van der Waals surface area contributed by atoms with Crippen molar-refractivity contribution in [1.29, 1.82) is 0 Å². The lowest BCUT2D eigenvalue weighted by Crippen LogP contribution is -2.52. The molecule has 1 N–H and O–H groups in total. The first kappa shape index (κ1) is 30.4. The Morgan fingerprint density at radius 1 is 0.907 bits per heavy atom. The van der Waals surface area contributed by atoms with Crippen molar-refractivity contribution in [2.24, 2.45) is 0 Å². The van der Waals surface area contributed by atoms with E-state index in [4.69, 9.17) is 9.47 Å². The fourth-order valence-corrected chi connectivity index (χ4v) is 6.70. The van der Waals surface area contributed by atoms with Crippen molar-refractivity contribution >= 4 is 27.5 Å². The van der Waals surface area contributed by atoms with E-state index in [1.54, 1.807) is 23.1 Å². The van der Waals surface area contributed by atoms with Crippen LogP contribution < -0.4 is 19.1 Å². The number of ether oxygens (including phenoxy) is 2. The Labute approximate surface area is 253 Å². The number of nitrogens with zero attached hydrogens (tertiary/aromatic N) is 2. The van der Waals surface area contributed by atoms with Gasteiger partial charge < -0.3 is 19.7 Å². The molecule has 0 bridgehead atoms. The quantitative estimate of drug-likeness (QED) is 0.304. The average molecular weight is 606 g/mol. The summed E-state index contributed by atoms with van der Waals surface area (Å²) < 4.78 is 37.6. The minimum Gasteiger partial charge on any atom is -0.454 e. The van der Waals surface area contributed by atoms with Crippen molar-refractivity contribution in [3.63, 3.8) is 0 Å². The van der Waals surface area contributed by atoms with Crippen LogP contribution in [-0.4, -0.2) is 56.8 Å². The summed E-state index contributed by atoms with van der Waals surface area (Å²) >= 11 is 0. The van der Waals surface area contributed by atoms with Crippen LogP contribution in [0, 0.1) is 0 Å². The number of hydrogen-bond donors (Lipinski definition) is 1. The first-order valence-electron chi connectivity index (χ1n) is 14.8. The molecule has 3 aromatic carbocycles. The van der Waals surface area contributed by atoms with Crippen LogP contribution in [-0.2, 0) is 32.6 Å². The van der Waals surface area contributed by atoms with Gasteiger partial charge in [0.05, 0.1) is 11.9 Å². The van der Waals surface area contributed by atoms with Crippen molar-refractivity contribution < 1.29 is 27.5 Å². The van der Waals surface area contributed by atoms with Gasteiger partial charge in [-0.25, -0.2) is 8.42 Å². The highest BCUT2D eigenvalue weighted by atomic mass is 32.2. The summed E-state index contributed by atoms with van der Waals surface area (Å²) in [5.74, 6) is 0.682. The number of anilines is 1. The molecule has 0 radical (unpaired) electrons. The van der Waals surface area contributed by atoms with Crippen LogP contribution in [0.2, 0.25) is 0 Å². The molecule has 0 aromatic heterocycles. The molecule has 1 heterocycles. The van der Waals surface area contributed by atoms with Crippen LogP contribution in [0.4, 0.5) is 5.69 Å². The highest BCUT2D eigenvalue weighted by molar-refractivity contribution is 7.92. The van der Waals surface area contributed by atoms with E-state index in [0.29, 0.717) is 23.6 Å². The number of fused-ring (bicyclic) bond motifs is 1. The van der Waals surface area contributed by atoms with E-state index < -0.39 is 16.1 Å². The summed E-state index contributed by atoms with van der Waals surface area (Å²) in [7, 11) is -3.64. The minimum absolute atomic E-state index is 0.0748. The largest absolute Gasteiger partial charge is 0.454 e.